The summed E-state index contributed by atoms with van der Waals surface area (Å²) in [6, 6.07) is 8.17. The smallest absolute Gasteiger partial charge is 0.227 e. The fourth-order valence-electron chi connectivity index (χ4n) is 3.10. The Kier molecular flexibility index (Phi) is 4.74. The average Bonchev–Trinajstić information content (AvgIpc) is 3.13. The number of nitrogens with zero attached hydrogens (tertiary/aromatic N) is 3. The maximum absolute atomic E-state index is 12.5. The van der Waals surface area contributed by atoms with Gasteiger partial charge in [0.2, 0.25) is 11.8 Å². The van der Waals surface area contributed by atoms with Crippen LogP contribution >= 0.6 is 0 Å². The molecular weight excluding hydrogens is 290 g/mol. The Bertz CT molecular complexity index is 680. The van der Waals surface area contributed by atoms with Crippen molar-refractivity contribution in [3.8, 4) is 0 Å². The molecule has 1 aliphatic heterocycles. The lowest BCUT2D eigenvalue weighted by atomic mass is 10.0. The van der Waals surface area contributed by atoms with Crippen molar-refractivity contribution in [2.24, 2.45) is 0 Å². The number of benzene rings is 1. The van der Waals surface area contributed by atoms with E-state index in [-0.39, 0.29) is 5.91 Å². The van der Waals surface area contributed by atoms with Crippen LogP contribution in [-0.4, -0.2) is 22.6 Å². The van der Waals surface area contributed by atoms with Gasteiger partial charge in [-0.3, -0.25) is 4.79 Å². The first-order valence-corrected chi connectivity index (χ1v) is 8.39. The topological polar surface area (TPSA) is 59.2 Å². The van der Waals surface area contributed by atoms with Crippen molar-refractivity contribution < 1.29 is 9.32 Å². The van der Waals surface area contributed by atoms with Gasteiger partial charge >= 0.3 is 0 Å². The molecule has 0 fully saturated rings. The van der Waals surface area contributed by atoms with E-state index in [4.69, 9.17) is 4.52 Å². The Morgan fingerprint density at radius 1 is 1.35 bits per heavy atom. The summed E-state index contributed by atoms with van der Waals surface area (Å²) < 4.78 is 5.21. The zero-order chi connectivity index (χ0) is 16.2. The number of carbonyl (C=O) groups is 1. The monoisotopic (exact) mass is 313 g/mol. The second-order valence-electron chi connectivity index (χ2n) is 6.17. The number of para-hydroxylation sites is 1. The fourth-order valence-corrected chi connectivity index (χ4v) is 3.10. The molecule has 5 heteroatoms. The molecule has 2 aromatic rings. The Labute approximate surface area is 136 Å². The lowest BCUT2D eigenvalue weighted by Crippen LogP contribution is -2.29. The van der Waals surface area contributed by atoms with E-state index in [2.05, 4.69) is 30.1 Å². The van der Waals surface area contributed by atoms with Crippen molar-refractivity contribution in [1.29, 1.82) is 0 Å². The van der Waals surface area contributed by atoms with Gasteiger partial charge in [0.25, 0.3) is 0 Å². The zero-order valence-corrected chi connectivity index (χ0v) is 13.8. The van der Waals surface area contributed by atoms with E-state index in [0.717, 1.165) is 37.3 Å². The Morgan fingerprint density at radius 2 is 2.17 bits per heavy atom. The molecule has 5 nitrogen and oxygen atoms in total. The highest BCUT2D eigenvalue weighted by molar-refractivity contribution is 5.95. The van der Waals surface area contributed by atoms with E-state index in [1.807, 2.05) is 23.1 Å². The van der Waals surface area contributed by atoms with Crippen LogP contribution in [0.4, 0.5) is 5.69 Å². The fraction of sp³-hybridized carbons (Fsp3) is 0.500. The molecular formula is C18H23N3O2. The van der Waals surface area contributed by atoms with E-state index in [1.54, 1.807) is 0 Å². The van der Waals surface area contributed by atoms with Gasteiger partial charge in [0.15, 0.2) is 5.82 Å². The predicted octanol–water partition coefficient (Wildman–Crippen LogP) is 3.50. The summed E-state index contributed by atoms with van der Waals surface area (Å²) in [5, 5.41) is 3.94. The van der Waals surface area contributed by atoms with Gasteiger partial charge in [0.1, 0.15) is 0 Å². The molecule has 0 N–H and O–H groups in total. The zero-order valence-electron chi connectivity index (χ0n) is 13.8. The van der Waals surface area contributed by atoms with Crippen LogP contribution in [0.2, 0.25) is 0 Å². The molecule has 1 aromatic heterocycles. The van der Waals surface area contributed by atoms with Crippen LogP contribution in [0.3, 0.4) is 0 Å². The highest BCUT2D eigenvalue weighted by Gasteiger charge is 2.28. The third kappa shape index (κ3) is 3.44. The second kappa shape index (κ2) is 6.94. The Morgan fingerprint density at radius 3 is 3.00 bits per heavy atom. The van der Waals surface area contributed by atoms with Gasteiger partial charge in [0, 0.05) is 37.4 Å². The number of aromatic nitrogens is 2. The molecule has 1 aliphatic rings. The lowest BCUT2D eigenvalue weighted by molar-refractivity contribution is -0.118. The minimum absolute atomic E-state index is 0.176. The summed E-state index contributed by atoms with van der Waals surface area (Å²) in [4.78, 5) is 18.8. The number of aryl methyl sites for hydroxylation is 2. The highest BCUT2D eigenvalue weighted by atomic mass is 16.5. The standard InChI is InChI=1S/C18H23N3O2/c1-3-7-16-19-17(23-20-16)10-6-11-18(22)21-12-13(2)14-8-4-5-9-15(14)21/h4-5,8-9,13H,3,6-7,10-12H2,1-2H3. The predicted molar refractivity (Wildman–Crippen MR) is 88.4 cm³/mol. The maximum Gasteiger partial charge on any atom is 0.227 e. The quantitative estimate of drug-likeness (QED) is 0.819. The molecule has 1 unspecified atom stereocenters. The van der Waals surface area contributed by atoms with E-state index in [9.17, 15) is 4.79 Å². The van der Waals surface area contributed by atoms with Crippen LogP contribution in [0, 0.1) is 0 Å². The molecule has 0 bridgehead atoms. The first-order chi connectivity index (χ1) is 11.2. The SMILES string of the molecule is CCCc1noc(CCCC(=O)N2CC(C)c3ccccc32)n1. The van der Waals surface area contributed by atoms with Crippen molar-refractivity contribution in [3.63, 3.8) is 0 Å². The third-order valence-corrected chi connectivity index (χ3v) is 4.28. The van der Waals surface area contributed by atoms with Crippen molar-refractivity contribution >= 4 is 11.6 Å². The molecule has 23 heavy (non-hydrogen) atoms. The molecule has 122 valence electrons. The molecule has 0 spiro atoms. The lowest BCUT2D eigenvalue weighted by Gasteiger charge is -2.17. The van der Waals surface area contributed by atoms with Crippen LogP contribution < -0.4 is 4.90 Å². The summed E-state index contributed by atoms with van der Waals surface area (Å²) in [5.41, 5.74) is 2.33. The first kappa shape index (κ1) is 15.7. The number of rotatable bonds is 6. The number of hydrogen-bond acceptors (Lipinski definition) is 4. The van der Waals surface area contributed by atoms with Crippen LogP contribution in [-0.2, 0) is 17.6 Å². The van der Waals surface area contributed by atoms with Gasteiger partial charge in [-0.15, -0.1) is 0 Å². The van der Waals surface area contributed by atoms with Gasteiger partial charge < -0.3 is 9.42 Å². The molecule has 1 atom stereocenters. The molecule has 0 saturated heterocycles. The minimum atomic E-state index is 0.176. The number of fused-ring (bicyclic) bond motifs is 1. The number of hydrogen-bond donors (Lipinski definition) is 0. The number of anilines is 1. The summed E-state index contributed by atoms with van der Waals surface area (Å²) >= 11 is 0. The van der Waals surface area contributed by atoms with Crippen LogP contribution in [0.15, 0.2) is 28.8 Å². The van der Waals surface area contributed by atoms with Crippen LogP contribution in [0.25, 0.3) is 0 Å². The molecule has 1 aromatic carbocycles. The van der Waals surface area contributed by atoms with Crippen LogP contribution in [0.5, 0.6) is 0 Å². The van der Waals surface area contributed by atoms with E-state index >= 15 is 0 Å². The normalized spacial score (nSPS) is 16.6. The van der Waals surface area contributed by atoms with Crippen LogP contribution in [0.1, 0.15) is 56.3 Å². The van der Waals surface area contributed by atoms with Crippen molar-refractivity contribution in [2.45, 2.75) is 51.9 Å². The summed E-state index contributed by atoms with van der Waals surface area (Å²) in [6.07, 6.45) is 3.74. The van der Waals surface area contributed by atoms with Gasteiger partial charge in [0.05, 0.1) is 0 Å². The summed E-state index contributed by atoms with van der Waals surface area (Å²) in [6.45, 7) is 5.03. The average molecular weight is 313 g/mol. The summed E-state index contributed by atoms with van der Waals surface area (Å²) in [7, 11) is 0. The molecule has 0 saturated carbocycles. The molecule has 2 heterocycles. The van der Waals surface area contributed by atoms with E-state index in [0.29, 0.717) is 24.7 Å². The Balaban J connectivity index is 1.54. The van der Waals surface area contributed by atoms with Crippen molar-refractivity contribution in [3.05, 3.63) is 41.5 Å². The number of carbonyl (C=O) groups excluding carboxylic acids is 1. The third-order valence-electron chi connectivity index (χ3n) is 4.28. The van der Waals surface area contributed by atoms with E-state index < -0.39 is 0 Å². The molecule has 1 amide bonds. The molecule has 3 rings (SSSR count). The highest BCUT2D eigenvalue weighted by Crippen LogP contribution is 2.36. The maximum atomic E-state index is 12.5. The molecule has 0 aliphatic carbocycles. The largest absolute Gasteiger partial charge is 0.339 e. The first-order valence-electron chi connectivity index (χ1n) is 8.39. The van der Waals surface area contributed by atoms with Crippen molar-refractivity contribution in [1.82, 2.24) is 10.1 Å². The minimum Gasteiger partial charge on any atom is -0.339 e. The Hall–Kier alpha value is -2.17. The summed E-state index contributed by atoms with van der Waals surface area (Å²) in [5.74, 6) is 1.98. The van der Waals surface area contributed by atoms with E-state index in [1.165, 1.54) is 5.56 Å². The van der Waals surface area contributed by atoms with Crippen molar-refractivity contribution in [2.75, 3.05) is 11.4 Å². The molecule has 0 radical (unpaired) electrons. The van der Waals surface area contributed by atoms with Gasteiger partial charge in [-0.25, -0.2) is 0 Å². The second-order valence-corrected chi connectivity index (χ2v) is 6.17. The number of amides is 1. The van der Waals surface area contributed by atoms with Gasteiger partial charge in [-0.2, -0.15) is 4.98 Å². The van der Waals surface area contributed by atoms with Gasteiger partial charge in [-0.1, -0.05) is 37.2 Å². The van der Waals surface area contributed by atoms with Gasteiger partial charge in [-0.05, 0) is 24.5 Å².